The van der Waals surface area contributed by atoms with Crippen LogP contribution >= 0.6 is 0 Å². The first-order valence-corrected chi connectivity index (χ1v) is 8.75. The van der Waals surface area contributed by atoms with Gasteiger partial charge >= 0.3 is 12.1 Å². The molecular formula is C19H26N2O5. The number of carbonyl (C=O) groups excluding carboxylic acids is 3. The molecule has 7 heteroatoms. The van der Waals surface area contributed by atoms with Crippen molar-refractivity contribution in [3.8, 4) is 0 Å². The summed E-state index contributed by atoms with van der Waals surface area (Å²) < 4.78 is 10.4. The van der Waals surface area contributed by atoms with Crippen LogP contribution in [-0.2, 0) is 14.3 Å². The van der Waals surface area contributed by atoms with Crippen molar-refractivity contribution in [2.24, 2.45) is 0 Å². The fourth-order valence-corrected chi connectivity index (χ4v) is 2.58. The van der Waals surface area contributed by atoms with Crippen LogP contribution in [0.2, 0.25) is 0 Å². The van der Waals surface area contributed by atoms with Crippen molar-refractivity contribution in [2.45, 2.75) is 52.2 Å². The minimum Gasteiger partial charge on any atom is -0.449 e. The maximum absolute atomic E-state index is 12.2. The number of ether oxygens (including phenoxy) is 2. The molecule has 0 radical (unpaired) electrons. The Kier molecular flexibility index (Phi) is 6.23. The SMILES string of the molecule is C[C@@H](OC(=O)c1ccc(NC(=O)OC(C)(C)C)cc1)C(=O)N1CCCC1. The predicted octanol–water partition coefficient (Wildman–Crippen LogP) is 3.20. The molecule has 1 atom stereocenters. The van der Waals surface area contributed by atoms with Gasteiger partial charge in [0.2, 0.25) is 0 Å². The molecule has 0 bridgehead atoms. The van der Waals surface area contributed by atoms with E-state index in [0.717, 1.165) is 12.8 Å². The van der Waals surface area contributed by atoms with Gasteiger partial charge in [-0.3, -0.25) is 10.1 Å². The maximum Gasteiger partial charge on any atom is 0.412 e. The second-order valence-electron chi connectivity index (χ2n) is 7.28. The van der Waals surface area contributed by atoms with Crippen LogP contribution in [0.1, 0.15) is 50.9 Å². The third kappa shape index (κ3) is 5.75. The number of benzene rings is 1. The molecule has 1 fully saturated rings. The minimum absolute atomic E-state index is 0.168. The highest BCUT2D eigenvalue weighted by Crippen LogP contribution is 2.15. The number of hydrogen-bond donors (Lipinski definition) is 1. The van der Waals surface area contributed by atoms with Crippen molar-refractivity contribution in [3.63, 3.8) is 0 Å². The topological polar surface area (TPSA) is 84.9 Å². The molecule has 1 N–H and O–H groups in total. The molecule has 0 spiro atoms. The lowest BCUT2D eigenvalue weighted by Crippen LogP contribution is -2.38. The number of amides is 2. The molecule has 0 aliphatic carbocycles. The van der Waals surface area contributed by atoms with E-state index in [0.29, 0.717) is 24.3 Å². The Morgan fingerprint density at radius 2 is 1.65 bits per heavy atom. The van der Waals surface area contributed by atoms with E-state index in [4.69, 9.17) is 9.47 Å². The van der Waals surface area contributed by atoms with Crippen LogP contribution in [0.5, 0.6) is 0 Å². The molecule has 1 heterocycles. The van der Waals surface area contributed by atoms with Gasteiger partial charge in [0, 0.05) is 18.8 Å². The highest BCUT2D eigenvalue weighted by Gasteiger charge is 2.26. The molecule has 142 valence electrons. The minimum atomic E-state index is -0.819. The number of anilines is 1. The number of nitrogens with one attached hydrogen (secondary N) is 1. The summed E-state index contributed by atoms with van der Waals surface area (Å²) in [7, 11) is 0. The number of rotatable bonds is 4. The van der Waals surface area contributed by atoms with Gasteiger partial charge in [0.05, 0.1) is 5.56 Å². The molecule has 7 nitrogen and oxygen atoms in total. The first kappa shape index (κ1) is 19.8. The monoisotopic (exact) mass is 362 g/mol. The van der Waals surface area contributed by atoms with Crippen LogP contribution in [0.3, 0.4) is 0 Å². The third-order valence-electron chi connectivity index (χ3n) is 3.82. The van der Waals surface area contributed by atoms with Gasteiger partial charge in [-0.2, -0.15) is 0 Å². The Hall–Kier alpha value is -2.57. The molecule has 2 rings (SSSR count). The Morgan fingerprint density at radius 3 is 2.19 bits per heavy atom. The molecule has 1 aliphatic rings. The van der Waals surface area contributed by atoms with Crippen LogP contribution < -0.4 is 5.32 Å². The lowest BCUT2D eigenvalue weighted by atomic mass is 10.2. The molecule has 0 aromatic heterocycles. The number of likely N-dealkylation sites (tertiary alicyclic amines) is 1. The van der Waals surface area contributed by atoms with E-state index >= 15 is 0 Å². The van der Waals surface area contributed by atoms with E-state index in [1.165, 1.54) is 12.1 Å². The first-order chi connectivity index (χ1) is 12.2. The van der Waals surface area contributed by atoms with Crippen LogP contribution in [0.25, 0.3) is 0 Å². The van der Waals surface area contributed by atoms with Crippen molar-refractivity contribution in [1.29, 1.82) is 0 Å². The molecule has 2 amide bonds. The highest BCUT2D eigenvalue weighted by atomic mass is 16.6. The standard InChI is InChI=1S/C19H26N2O5/c1-13(16(22)21-11-5-6-12-21)25-17(23)14-7-9-15(10-8-14)20-18(24)26-19(2,3)4/h7-10,13H,5-6,11-12H2,1-4H3,(H,20,24)/t13-/m1/s1. The average molecular weight is 362 g/mol. The van der Waals surface area contributed by atoms with Crippen molar-refractivity contribution >= 4 is 23.7 Å². The first-order valence-electron chi connectivity index (χ1n) is 8.75. The number of nitrogens with zero attached hydrogens (tertiary/aromatic N) is 1. The fraction of sp³-hybridized carbons (Fsp3) is 0.526. The Morgan fingerprint density at radius 1 is 1.08 bits per heavy atom. The second-order valence-corrected chi connectivity index (χ2v) is 7.28. The molecule has 1 aliphatic heterocycles. The predicted molar refractivity (Wildman–Crippen MR) is 97.0 cm³/mol. The molecule has 1 aromatic carbocycles. The molecule has 0 unspecified atom stereocenters. The van der Waals surface area contributed by atoms with Gasteiger partial charge in [-0.05, 0) is 64.8 Å². The van der Waals surface area contributed by atoms with Gasteiger partial charge in [-0.1, -0.05) is 0 Å². The van der Waals surface area contributed by atoms with Gasteiger partial charge in [0.25, 0.3) is 5.91 Å². The van der Waals surface area contributed by atoms with Crippen molar-refractivity contribution in [1.82, 2.24) is 4.90 Å². The van der Waals surface area contributed by atoms with Gasteiger partial charge in [0.15, 0.2) is 6.10 Å². The summed E-state index contributed by atoms with van der Waals surface area (Å²) in [5.74, 6) is -0.743. The van der Waals surface area contributed by atoms with E-state index in [1.807, 2.05) is 0 Å². The summed E-state index contributed by atoms with van der Waals surface area (Å²) in [5.41, 5.74) is 0.212. The average Bonchev–Trinajstić information content (AvgIpc) is 3.07. The number of hydrogen-bond acceptors (Lipinski definition) is 5. The van der Waals surface area contributed by atoms with Crippen molar-refractivity contribution in [3.05, 3.63) is 29.8 Å². The Labute approximate surface area is 153 Å². The van der Waals surface area contributed by atoms with Crippen molar-refractivity contribution in [2.75, 3.05) is 18.4 Å². The van der Waals surface area contributed by atoms with E-state index < -0.39 is 23.8 Å². The second kappa shape index (κ2) is 8.21. The quantitative estimate of drug-likeness (QED) is 0.832. The zero-order valence-electron chi connectivity index (χ0n) is 15.7. The van der Waals surface area contributed by atoms with E-state index in [9.17, 15) is 14.4 Å². The zero-order chi connectivity index (χ0) is 19.3. The summed E-state index contributed by atoms with van der Waals surface area (Å²) >= 11 is 0. The summed E-state index contributed by atoms with van der Waals surface area (Å²) in [5, 5.41) is 2.59. The lowest BCUT2D eigenvalue weighted by Gasteiger charge is -2.20. The van der Waals surface area contributed by atoms with Crippen molar-refractivity contribution < 1.29 is 23.9 Å². The van der Waals surface area contributed by atoms with Gasteiger partial charge in [0.1, 0.15) is 5.60 Å². The fourth-order valence-electron chi connectivity index (χ4n) is 2.58. The zero-order valence-corrected chi connectivity index (χ0v) is 15.7. The van der Waals surface area contributed by atoms with E-state index in [1.54, 1.807) is 44.7 Å². The maximum atomic E-state index is 12.2. The number of esters is 1. The van der Waals surface area contributed by atoms with E-state index in [2.05, 4.69) is 5.32 Å². The summed E-state index contributed by atoms with van der Waals surface area (Å²) in [6.07, 6.45) is 0.578. The van der Waals surface area contributed by atoms with Crippen LogP contribution in [0.15, 0.2) is 24.3 Å². The highest BCUT2D eigenvalue weighted by molar-refractivity contribution is 5.93. The molecule has 0 saturated carbocycles. The van der Waals surface area contributed by atoms with Gasteiger partial charge in [-0.25, -0.2) is 9.59 Å². The molecular weight excluding hydrogens is 336 g/mol. The third-order valence-corrected chi connectivity index (χ3v) is 3.82. The molecule has 26 heavy (non-hydrogen) atoms. The van der Waals surface area contributed by atoms with E-state index in [-0.39, 0.29) is 5.91 Å². The smallest absolute Gasteiger partial charge is 0.412 e. The summed E-state index contributed by atoms with van der Waals surface area (Å²) in [6.45, 7) is 8.33. The van der Waals surface area contributed by atoms with Gasteiger partial charge in [-0.15, -0.1) is 0 Å². The largest absolute Gasteiger partial charge is 0.449 e. The Bertz CT molecular complexity index is 658. The van der Waals surface area contributed by atoms with Crippen LogP contribution in [0.4, 0.5) is 10.5 Å². The Balaban J connectivity index is 1.89. The number of carbonyl (C=O) groups is 3. The normalized spacial score (nSPS) is 15.3. The van der Waals surface area contributed by atoms with Gasteiger partial charge < -0.3 is 14.4 Å². The van der Waals surface area contributed by atoms with Crippen LogP contribution in [0, 0.1) is 0 Å². The summed E-state index contributed by atoms with van der Waals surface area (Å²) in [4.78, 5) is 37.8. The molecule has 1 saturated heterocycles. The summed E-state index contributed by atoms with van der Waals surface area (Å²) in [6, 6.07) is 6.21. The molecule has 1 aromatic rings. The lowest BCUT2D eigenvalue weighted by molar-refractivity contribution is -0.138. The van der Waals surface area contributed by atoms with Crippen LogP contribution in [-0.4, -0.2) is 47.7 Å².